The molecule has 18 heavy (non-hydrogen) atoms. The number of nitrogens with zero attached hydrogens (tertiary/aromatic N) is 1. The number of aryl methyl sites for hydroxylation is 2. The third kappa shape index (κ3) is 3.41. The van der Waals surface area contributed by atoms with Crippen LogP contribution in [0, 0.1) is 6.92 Å². The molecule has 0 spiro atoms. The van der Waals surface area contributed by atoms with E-state index >= 15 is 0 Å². The zero-order chi connectivity index (χ0) is 13.0. The summed E-state index contributed by atoms with van der Waals surface area (Å²) in [6.45, 7) is 2.29. The van der Waals surface area contributed by atoms with Gasteiger partial charge in [-0.15, -0.1) is 11.3 Å². The van der Waals surface area contributed by atoms with Crippen LogP contribution in [0.4, 0.5) is 0 Å². The normalized spacial score (nSPS) is 11.8. The van der Waals surface area contributed by atoms with Gasteiger partial charge in [0.1, 0.15) is 10.5 Å². The molecule has 0 atom stereocenters. The van der Waals surface area contributed by atoms with Crippen LogP contribution in [-0.2, 0) is 16.4 Å². The summed E-state index contributed by atoms with van der Waals surface area (Å²) >= 11 is 1.28. The lowest BCUT2D eigenvalue weighted by molar-refractivity contribution is 0.418. The molecule has 0 amide bonds. The van der Waals surface area contributed by atoms with Crippen LogP contribution in [0.1, 0.15) is 16.9 Å². The first kappa shape index (κ1) is 13.3. The average molecular weight is 286 g/mol. The number of hydrogen-bond acceptors (Lipinski definition) is 5. The molecule has 2 heterocycles. The van der Waals surface area contributed by atoms with Gasteiger partial charge in [-0.2, -0.15) is 0 Å². The maximum Gasteiger partial charge on any atom is 0.250 e. The van der Waals surface area contributed by atoms with Gasteiger partial charge in [-0.25, -0.2) is 13.1 Å². The number of aromatic nitrogens is 1. The minimum absolute atomic E-state index is 0.366. The average Bonchev–Trinajstić information content (AvgIpc) is 2.95. The Balaban J connectivity index is 1.82. The van der Waals surface area contributed by atoms with Gasteiger partial charge in [0, 0.05) is 17.0 Å². The Morgan fingerprint density at radius 1 is 1.44 bits per heavy atom. The van der Waals surface area contributed by atoms with Crippen LogP contribution in [0.2, 0.25) is 0 Å². The van der Waals surface area contributed by atoms with Crippen molar-refractivity contribution in [1.29, 1.82) is 0 Å². The third-order valence-electron chi connectivity index (χ3n) is 2.40. The minimum atomic E-state index is -3.35. The van der Waals surface area contributed by atoms with Crippen LogP contribution >= 0.6 is 11.3 Å². The Labute approximate surface area is 110 Å². The van der Waals surface area contributed by atoms with Crippen molar-refractivity contribution in [2.24, 2.45) is 0 Å². The van der Waals surface area contributed by atoms with Crippen molar-refractivity contribution in [3.05, 3.63) is 35.0 Å². The first-order chi connectivity index (χ1) is 8.58. The van der Waals surface area contributed by atoms with Gasteiger partial charge in [-0.3, -0.25) is 0 Å². The Hall–Kier alpha value is -1.18. The lowest BCUT2D eigenvalue weighted by atomic mass is 10.2. The molecule has 0 aromatic carbocycles. The molecule has 7 heteroatoms. The Kier molecular flexibility index (Phi) is 4.15. The molecular formula is C11H14N2O3S2. The molecular weight excluding hydrogens is 272 g/mol. The first-order valence-corrected chi connectivity index (χ1v) is 7.82. The van der Waals surface area contributed by atoms with Gasteiger partial charge in [-0.05, 0) is 31.9 Å². The molecule has 98 valence electrons. The molecule has 0 unspecified atom stereocenters. The molecule has 0 saturated heterocycles. The highest BCUT2D eigenvalue weighted by molar-refractivity contribution is 7.91. The fraction of sp³-hybridized carbons (Fsp3) is 0.364. The van der Waals surface area contributed by atoms with Gasteiger partial charge in [0.15, 0.2) is 0 Å². The van der Waals surface area contributed by atoms with Crippen molar-refractivity contribution in [1.82, 2.24) is 9.88 Å². The Morgan fingerprint density at radius 3 is 2.89 bits per heavy atom. The standard InChI is InChI=1S/C11H14N2O3S2/c1-9-4-5-11(17-9)18(14,15)13-6-2-3-10-7-12-16-8-10/h4-5,7-8,13H,2-3,6H2,1H3. The van der Waals surface area contributed by atoms with Crippen molar-refractivity contribution < 1.29 is 12.9 Å². The second-order valence-corrected chi connectivity index (χ2v) is 7.18. The maximum atomic E-state index is 11.9. The van der Waals surface area contributed by atoms with Gasteiger partial charge in [-0.1, -0.05) is 5.16 Å². The van der Waals surface area contributed by atoms with Gasteiger partial charge < -0.3 is 4.52 Å². The summed E-state index contributed by atoms with van der Waals surface area (Å²) < 4.78 is 31.4. The van der Waals surface area contributed by atoms with Gasteiger partial charge in [0.05, 0.1) is 6.20 Å². The molecule has 1 N–H and O–H groups in total. The van der Waals surface area contributed by atoms with Crippen LogP contribution in [0.3, 0.4) is 0 Å². The van der Waals surface area contributed by atoms with E-state index in [4.69, 9.17) is 4.52 Å². The molecule has 0 aliphatic heterocycles. The topological polar surface area (TPSA) is 72.2 Å². The summed E-state index contributed by atoms with van der Waals surface area (Å²) in [5.41, 5.74) is 0.973. The number of nitrogens with one attached hydrogen (secondary N) is 1. The van der Waals surface area contributed by atoms with Crippen LogP contribution in [-0.4, -0.2) is 20.1 Å². The van der Waals surface area contributed by atoms with Crippen molar-refractivity contribution in [3.8, 4) is 0 Å². The smallest absolute Gasteiger partial charge is 0.250 e. The molecule has 2 rings (SSSR count). The van der Waals surface area contributed by atoms with E-state index < -0.39 is 10.0 Å². The minimum Gasteiger partial charge on any atom is -0.364 e. The zero-order valence-electron chi connectivity index (χ0n) is 9.92. The third-order valence-corrected chi connectivity index (χ3v) is 5.35. The molecule has 0 saturated carbocycles. The van der Waals surface area contributed by atoms with Crippen molar-refractivity contribution >= 4 is 21.4 Å². The number of hydrogen-bond donors (Lipinski definition) is 1. The zero-order valence-corrected chi connectivity index (χ0v) is 11.6. The lowest BCUT2D eigenvalue weighted by Crippen LogP contribution is -2.24. The van der Waals surface area contributed by atoms with Crippen molar-refractivity contribution in [3.63, 3.8) is 0 Å². The SMILES string of the molecule is Cc1ccc(S(=O)(=O)NCCCc2cnoc2)s1. The van der Waals surface area contributed by atoms with Crippen molar-refractivity contribution in [2.75, 3.05) is 6.54 Å². The summed E-state index contributed by atoms with van der Waals surface area (Å²) in [6, 6.07) is 3.43. The number of sulfonamides is 1. The summed E-state index contributed by atoms with van der Waals surface area (Å²) in [7, 11) is -3.35. The van der Waals surface area contributed by atoms with E-state index in [-0.39, 0.29) is 0 Å². The summed E-state index contributed by atoms with van der Waals surface area (Å²) in [6.07, 6.45) is 4.66. The van der Waals surface area contributed by atoms with E-state index in [0.29, 0.717) is 17.2 Å². The molecule has 5 nitrogen and oxygen atoms in total. The number of thiophene rings is 1. The highest BCUT2D eigenvalue weighted by atomic mass is 32.2. The Bertz CT molecular complexity index is 588. The van der Waals surface area contributed by atoms with E-state index in [1.54, 1.807) is 24.6 Å². The Morgan fingerprint density at radius 2 is 2.28 bits per heavy atom. The predicted octanol–water partition coefficient (Wildman–Crippen LogP) is 1.96. The van der Waals surface area contributed by atoms with Crippen LogP contribution in [0.15, 0.2) is 33.3 Å². The van der Waals surface area contributed by atoms with E-state index in [1.165, 1.54) is 11.3 Å². The molecule has 0 bridgehead atoms. The molecule has 2 aromatic heterocycles. The quantitative estimate of drug-likeness (QED) is 0.824. The molecule has 0 radical (unpaired) electrons. The summed E-state index contributed by atoms with van der Waals surface area (Å²) in [4.78, 5) is 0.986. The lowest BCUT2D eigenvalue weighted by Gasteiger charge is -2.03. The fourth-order valence-corrected chi connectivity index (χ4v) is 3.88. The molecule has 0 aliphatic rings. The molecule has 2 aromatic rings. The predicted molar refractivity (Wildman–Crippen MR) is 69.1 cm³/mol. The number of rotatable bonds is 6. The largest absolute Gasteiger partial charge is 0.364 e. The summed E-state index contributed by atoms with van der Waals surface area (Å²) in [5, 5.41) is 3.59. The van der Waals surface area contributed by atoms with Gasteiger partial charge in [0.2, 0.25) is 10.0 Å². The van der Waals surface area contributed by atoms with E-state index in [9.17, 15) is 8.42 Å². The van der Waals surface area contributed by atoms with Gasteiger partial charge in [0.25, 0.3) is 0 Å². The highest BCUT2D eigenvalue weighted by Gasteiger charge is 2.14. The van der Waals surface area contributed by atoms with E-state index in [2.05, 4.69) is 9.88 Å². The van der Waals surface area contributed by atoms with Crippen LogP contribution in [0.25, 0.3) is 0 Å². The van der Waals surface area contributed by atoms with Gasteiger partial charge >= 0.3 is 0 Å². The van der Waals surface area contributed by atoms with E-state index in [0.717, 1.165) is 16.9 Å². The fourth-order valence-electron chi connectivity index (χ4n) is 1.48. The maximum absolute atomic E-state index is 11.9. The van der Waals surface area contributed by atoms with E-state index in [1.807, 2.05) is 6.92 Å². The second kappa shape index (κ2) is 5.64. The molecule has 0 fully saturated rings. The van der Waals surface area contributed by atoms with Crippen molar-refractivity contribution in [2.45, 2.75) is 24.0 Å². The highest BCUT2D eigenvalue weighted by Crippen LogP contribution is 2.20. The second-order valence-electron chi connectivity index (χ2n) is 3.90. The first-order valence-electron chi connectivity index (χ1n) is 5.52. The summed E-state index contributed by atoms with van der Waals surface area (Å²) in [5.74, 6) is 0. The van der Waals surface area contributed by atoms with Crippen LogP contribution in [0.5, 0.6) is 0 Å². The van der Waals surface area contributed by atoms with Crippen LogP contribution < -0.4 is 4.72 Å². The monoisotopic (exact) mass is 286 g/mol. The molecule has 0 aliphatic carbocycles.